The first-order valence-electron chi connectivity index (χ1n) is 12.1. The van der Waals surface area contributed by atoms with Crippen LogP contribution in [-0.4, -0.2) is 46.8 Å². The Balaban J connectivity index is 0.00000336. The predicted octanol–water partition coefficient (Wildman–Crippen LogP) is 4.54. The van der Waals surface area contributed by atoms with Crippen LogP contribution >= 0.6 is 0 Å². The van der Waals surface area contributed by atoms with Gasteiger partial charge in [0.25, 0.3) is 0 Å². The average molecular weight is 519 g/mol. The van der Waals surface area contributed by atoms with Crippen molar-refractivity contribution in [3.8, 4) is 17.2 Å². The number of aliphatic hydroxyl groups excluding tert-OH is 2. The summed E-state index contributed by atoms with van der Waals surface area (Å²) in [5, 5.41) is 23.4. The molecule has 0 bridgehead atoms. The third-order valence-corrected chi connectivity index (χ3v) is 6.95. The van der Waals surface area contributed by atoms with Crippen molar-refractivity contribution in [2.45, 2.75) is 63.4 Å². The molecule has 3 N–H and O–H groups in total. The van der Waals surface area contributed by atoms with E-state index in [0.717, 1.165) is 16.6 Å². The maximum Gasteiger partial charge on any atom is 0.586 e. The number of carbonyl (C=O) groups excluding carboxylic acids is 1. The van der Waals surface area contributed by atoms with Crippen LogP contribution in [-0.2, 0) is 22.2 Å². The normalized spacial score (nSPS) is 18.1. The molecule has 3 aromatic rings. The van der Waals surface area contributed by atoms with Crippen LogP contribution < -0.4 is 19.5 Å². The summed E-state index contributed by atoms with van der Waals surface area (Å²) in [6.07, 6.45) is -3.53. The third-order valence-electron chi connectivity index (χ3n) is 6.95. The number of nitrogens with zero attached hydrogens (tertiary/aromatic N) is 1. The molecule has 2 aromatic carbocycles. The van der Waals surface area contributed by atoms with Crippen LogP contribution in [0.5, 0.6) is 17.2 Å². The topological polar surface area (TPSA) is 102 Å². The van der Waals surface area contributed by atoms with Crippen molar-refractivity contribution in [2.24, 2.45) is 0 Å². The first-order chi connectivity index (χ1) is 17.4. The molecule has 200 valence electrons. The number of ether oxygens (including phenoxy) is 3. The smallest absolute Gasteiger partial charge is 0.494 e. The fourth-order valence-corrected chi connectivity index (χ4v) is 4.95. The predicted molar refractivity (Wildman–Crippen MR) is 135 cm³/mol. The van der Waals surface area contributed by atoms with E-state index in [1.54, 1.807) is 12.1 Å². The summed E-state index contributed by atoms with van der Waals surface area (Å²) in [7, 11) is 1.53. The summed E-state index contributed by atoms with van der Waals surface area (Å²) in [4.78, 5) is 13.4. The lowest BCUT2D eigenvalue weighted by atomic mass is 9.92. The van der Waals surface area contributed by atoms with Crippen LogP contribution in [0.25, 0.3) is 10.9 Å². The van der Waals surface area contributed by atoms with Crippen LogP contribution in [0.15, 0.2) is 36.4 Å². The Morgan fingerprint density at radius 3 is 2.51 bits per heavy atom. The van der Waals surface area contributed by atoms with Gasteiger partial charge in [0.05, 0.1) is 37.3 Å². The maximum absolute atomic E-state index is 13.5. The largest absolute Gasteiger partial charge is 0.586 e. The molecule has 2 heterocycles. The second-order valence-electron chi connectivity index (χ2n) is 10.7. The Bertz CT molecular complexity index is 1380. The van der Waals surface area contributed by atoms with Gasteiger partial charge in [-0.15, -0.1) is 8.78 Å². The number of fused-ring (bicyclic) bond motifs is 2. The molecule has 1 atom stereocenters. The lowest BCUT2D eigenvalue weighted by Crippen LogP contribution is -2.28. The van der Waals surface area contributed by atoms with Crippen molar-refractivity contribution < 1.29 is 39.4 Å². The number of amides is 1. The zero-order valence-electron chi connectivity index (χ0n) is 21.1. The minimum atomic E-state index is -3.72. The number of nitrogens with one attached hydrogen (secondary N) is 1. The van der Waals surface area contributed by atoms with Crippen LogP contribution in [0.1, 0.15) is 46.3 Å². The van der Waals surface area contributed by atoms with E-state index >= 15 is 0 Å². The van der Waals surface area contributed by atoms with Gasteiger partial charge in [-0.25, -0.2) is 0 Å². The number of hydrogen-bond donors (Lipinski definition) is 3. The van der Waals surface area contributed by atoms with Crippen molar-refractivity contribution in [3.63, 3.8) is 0 Å². The molecule has 37 heavy (non-hydrogen) atoms. The van der Waals surface area contributed by atoms with Gasteiger partial charge in [-0.3, -0.25) is 4.79 Å². The zero-order valence-corrected chi connectivity index (χ0v) is 21.1. The van der Waals surface area contributed by atoms with Gasteiger partial charge < -0.3 is 34.3 Å². The molecule has 0 radical (unpaired) electrons. The number of carbonyl (C=O) groups is 1. The van der Waals surface area contributed by atoms with Gasteiger partial charge >= 0.3 is 6.29 Å². The highest BCUT2D eigenvalue weighted by Gasteiger charge is 2.53. The van der Waals surface area contributed by atoms with E-state index in [0.29, 0.717) is 29.8 Å². The number of halogens is 2. The minimum Gasteiger partial charge on any atom is -0.494 e. The van der Waals surface area contributed by atoms with Crippen molar-refractivity contribution in [3.05, 3.63) is 47.7 Å². The van der Waals surface area contributed by atoms with Gasteiger partial charge in [0.15, 0.2) is 11.5 Å². The maximum atomic E-state index is 13.5. The molecular formula is C27H32F2N2O6. The number of rotatable bonds is 7. The average Bonchev–Trinajstić information content (AvgIpc) is 3.46. The fraction of sp³-hybridized carbons (Fsp3) is 0.444. The summed E-state index contributed by atoms with van der Waals surface area (Å²) in [5.41, 5.74) is 1.66. The van der Waals surface area contributed by atoms with E-state index in [1.807, 2.05) is 16.7 Å². The zero-order chi connectivity index (χ0) is 26.8. The summed E-state index contributed by atoms with van der Waals surface area (Å²) < 4.78 is 43.6. The Kier molecular flexibility index (Phi) is 5.87. The van der Waals surface area contributed by atoms with Crippen molar-refractivity contribution >= 4 is 22.5 Å². The molecule has 0 saturated heterocycles. The highest BCUT2D eigenvalue weighted by Crippen LogP contribution is 2.52. The van der Waals surface area contributed by atoms with Crippen LogP contribution in [0.3, 0.4) is 0 Å². The van der Waals surface area contributed by atoms with Crippen LogP contribution in [0, 0.1) is 0 Å². The summed E-state index contributed by atoms with van der Waals surface area (Å²) in [5.74, 6) is 0.0886. The van der Waals surface area contributed by atoms with Crippen molar-refractivity contribution in [1.82, 2.24) is 4.57 Å². The van der Waals surface area contributed by atoms with Crippen LogP contribution in [0.4, 0.5) is 14.5 Å². The molecular weight excluding hydrogens is 486 g/mol. The first kappa shape index (κ1) is 25.3. The van der Waals surface area contributed by atoms with Crippen LogP contribution in [0.2, 0.25) is 0 Å². The molecule has 1 aliphatic heterocycles. The van der Waals surface area contributed by atoms with E-state index in [1.165, 1.54) is 19.2 Å². The number of aliphatic hydroxyl groups is 2. The summed E-state index contributed by atoms with van der Waals surface area (Å²) in [6, 6.07) is 9.99. The Morgan fingerprint density at radius 1 is 1.19 bits per heavy atom. The van der Waals surface area contributed by atoms with E-state index in [9.17, 15) is 23.8 Å². The Morgan fingerprint density at radius 2 is 1.89 bits per heavy atom. The van der Waals surface area contributed by atoms with E-state index in [4.69, 9.17) is 4.74 Å². The molecule has 0 unspecified atom stereocenters. The van der Waals surface area contributed by atoms with Gasteiger partial charge in [-0.05, 0) is 42.7 Å². The molecule has 1 aromatic heterocycles. The van der Waals surface area contributed by atoms with Gasteiger partial charge in [-0.2, -0.15) is 0 Å². The molecule has 0 spiro atoms. The van der Waals surface area contributed by atoms with Crippen molar-refractivity contribution in [1.29, 1.82) is 0 Å². The molecule has 5 rings (SSSR count). The molecule has 1 aliphatic carbocycles. The first-order valence-corrected chi connectivity index (χ1v) is 12.1. The standard InChI is InChI=1S/C27H30F2N2O6.H2/c1-25(2,3)22-10-15-9-17(12-21(35-4)23(15)31(22)13-18(33)14-32)30-24(34)26(7-8-26)16-5-6-19-20(11-16)37-27(28,29)36-19;/h5-6,9-12,18,32-33H,7-8,13-14H2,1-4H3,(H,30,34);1H/t18-;/m1./s1. The molecule has 1 saturated carbocycles. The van der Waals surface area contributed by atoms with Gasteiger partial charge in [0.1, 0.15) is 5.75 Å². The van der Waals surface area contributed by atoms with Gasteiger partial charge in [-0.1, -0.05) is 26.8 Å². The summed E-state index contributed by atoms with van der Waals surface area (Å²) >= 11 is 0. The molecule has 1 amide bonds. The molecule has 10 heteroatoms. The molecule has 8 nitrogen and oxygen atoms in total. The number of anilines is 1. The van der Waals surface area contributed by atoms with Crippen molar-refractivity contribution in [2.75, 3.05) is 19.0 Å². The second kappa shape index (κ2) is 8.59. The lowest BCUT2D eigenvalue weighted by Gasteiger charge is -2.24. The highest BCUT2D eigenvalue weighted by molar-refractivity contribution is 6.03. The lowest BCUT2D eigenvalue weighted by molar-refractivity contribution is -0.286. The summed E-state index contributed by atoms with van der Waals surface area (Å²) in [6.45, 7) is 5.96. The number of benzene rings is 2. The second-order valence-corrected chi connectivity index (χ2v) is 10.7. The fourth-order valence-electron chi connectivity index (χ4n) is 4.95. The minimum absolute atomic E-state index is 0. The van der Waals surface area contributed by atoms with E-state index < -0.39 is 17.8 Å². The number of aromatic nitrogens is 1. The highest BCUT2D eigenvalue weighted by atomic mass is 19.3. The van der Waals surface area contributed by atoms with E-state index in [2.05, 4.69) is 35.6 Å². The molecule has 2 aliphatic rings. The SMILES string of the molecule is COc1cc(NC(=O)C2(c3ccc4c(c3)OC(F)(F)O4)CC2)cc2cc(C(C)(C)C)n(C[C@@H](O)CO)c12.[HH]. The molecule has 1 fully saturated rings. The van der Waals surface area contributed by atoms with E-state index in [-0.39, 0.29) is 37.4 Å². The monoisotopic (exact) mass is 518 g/mol. The van der Waals surface area contributed by atoms with Gasteiger partial charge in [0.2, 0.25) is 5.91 Å². The number of methoxy groups -OCH3 is 1. The third kappa shape index (κ3) is 4.48. The Hall–Kier alpha value is -3.37. The Labute approximate surface area is 214 Å². The van der Waals surface area contributed by atoms with Gasteiger partial charge in [0, 0.05) is 29.7 Å². The number of alkyl halides is 2. The number of hydrogen-bond acceptors (Lipinski definition) is 6. The quantitative estimate of drug-likeness (QED) is 0.425.